The van der Waals surface area contributed by atoms with Crippen molar-refractivity contribution in [3.8, 4) is 0 Å². The van der Waals surface area contributed by atoms with E-state index in [1.165, 1.54) is 0 Å². The van der Waals surface area contributed by atoms with Crippen LogP contribution >= 0.6 is 15.9 Å². The van der Waals surface area contributed by atoms with Gasteiger partial charge in [0.05, 0.1) is 11.1 Å². The standard InChI is InChI=1S/C11H11BrN4/c12-6-1-2-7-8(5-6)15-10(16-9(7)13)11(14)3-4-11/h1-2,5H,3-4,14H2,(H2,13,15,16). The zero-order valence-corrected chi connectivity index (χ0v) is 10.2. The average molecular weight is 279 g/mol. The Morgan fingerprint density at radius 3 is 2.69 bits per heavy atom. The van der Waals surface area contributed by atoms with Gasteiger partial charge in [-0.15, -0.1) is 0 Å². The number of benzene rings is 1. The first-order valence-corrected chi connectivity index (χ1v) is 5.90. The Kier molecular flexibility index (Phi) is 1.96. The van der Waals surface area contributed by atoms with E-state index in [-0.39, 0.29) is 5.54 Å². The number of hydrogen-bond acceptors (Lipinski definition) is 4. The van der Waals surface area contributed by atoms with E-state index in [0.717, 1.165) is 28.2 Å². The summed E-state index contributed by atoms with van der Waals surface area (Å²) in [7, 11) is 0. The topological polar surface area (TPSA) is 77.8 Å². The zero-order valence-electron chi connectivity index (χ0n) is 8.57. The third-order valence-electron chi connectivity index (χ3n) is 2.92. The van der Waals surface area contributed by atoms with Crippen LogP contribution in [0.1, 0.15) is 18.7 Å². The van der Waals surface area contributed by atoms with E-state index in [2.05, 4.69) is 25.9 Å². The lowest BCUT2D eigenvalue weighted by Crippen LogP contribution is -2.22. The van der Waals surface area contributed by atoms with Gasteiger partial charge in [0.25, 0.3) is 0 Å². The molecule has 4 N–H and O–H groups in total. The van der Waals surface area contributed by atoms with E-state index >= 15 is 0 Å². The monoisotopic (exact) mass is 278 g/mol. The third-order valence-corrected chi connectivity index (χ3v) is 3.42. The van der Waals surface area contributed by atoms with Crippen LogP contribution in [-0.4, -0.2) is 9.97 Å². The van der Waals surface area contributed by atoms with Gasteiger partial charge in [0.1, 0.15) is 5.82 Å². The van der Waals surface area contributed by atoms with Crippen LogP contribution in [0.3, 0.4) is 0 Å². The first kappa shape index (κ1) is 9.99. The van der Waals surface area contributed by atoms with E-state index in [1.54, 1.807) is 0 Å². The molecule has 1 aromatic carbocycles. The Labute approximate surface area is 101 Å². The number of nitrogens with two attached hydrogens (primary N) is 2. The lowest BCUT2D eigenvalue weighted by Gasteiger charge is -2.09. The average Bonchev–Trinajstić information content (AvgIpc) is 2.97. The van der Waals surface area contributed by atoms with E-state index in [1.807, 2.05) is 18.2 Å². The van der Waals surface area contributed by atoms with Crippen molar-refractivity contribution < 1.29 is 0 Å². The fraction of sp³-hybridized carbons (Fsp3) is 0.273. The molecule has 1 aromatic heterocycles. The SMILES string of the molecule is Nc1nc(C2(N)CC2)nc2cc(Br)ccc12. The van der Waals surface area contributed by atoms with Crippen LogP contribution in [0.4, 0.5) is 5.82 Å². The number of nitrogen functional groups attached to an aromatic ring is 1. The van der Waals surface area contributed by atoms with Crippen molar-refractivity contribution in [3.63, 3.8) is 0 Å². The third kappa shape index (κ3) is 1.47. The second-order valence-corrected chi connectivity index (χ2v) is 5.17. The Morgan fingerprint density at radius 1 is 1.25 bits per heavy atom. The van der Waals surface area contributed by atoms with Gasteiger partial charge in [-0.2, -0.15) is 0 Å². The molecule has 0 atom stereocenters. The number of anilines is 1. The van der Waals surface area contributed by atoms with Gasteiger partial charge in [-0.1, -0.05) is 15.9 Å². The maximum Gasteiger partial charge on any atom is 0.151 e. The normalized spacial score (nSPS) is 17.6. The number of nitrogens with zero attached hydrogens (tertiary/aromatic N) is 2. The van der Waals surface area contributed by atoms with Crippen LogP contribution in [0, 0.1) is 0 Å². The Balaban J connectivity index is 2.27. The first-order chi connectivity index (χ1) is 7.58. The summed E-state index contributed by atoms with van der Waals surface area (Å²) in [6.07, 6.45) is 1.87. The van der Waals surface area contributed by atoms with Crippen molar-refractivity contribution >= 4 is 32.7 Å². The van der Waals surface area contributed by atoms with Crippen molar-refractivity contribution in [2.45, 2.75) is 18.4 Å². The molecule has 1 saturated carbocycles. The van der Waals surface area contributed by atoms with E-state index < -0.39 is 0 Å². The van der Waals surface area contributed by atoms with Gasteiger partial charge < -0.3 is 11.5 Å². The zero-order chi connectivity index (χ0) is 11.3. The van der Waals surface area contributed by atoms with Crippen molar-refractivity contribution in [3.05, 3.63) is 28.5 Å². The highest BCUT2D eigenvalue weighted by atomic mass is 79.9. The van der Waals surface area contributed by atoms with Crippen molar-refractivity contribution in [1.29, 1.82) is 0 Å². The van der Waals surface area contributed by atoms with Gasteiger partial charge in [-0.25, -0.2) is 9.97 Å². The molecule has 3 rings (SSSR count). The van der Waals surface area contributed by atoms with Gasteiger partial charge in [-0.3, -0.25) is 0 Å². The molecule has 1 aliphatic rings. The summed E-state index contributed by atoms with van der Waals surface area (Å²) in [4.78, 5) is 8.78. The maximum absolute atomic E-state index is 6.07. The number of halogens is 1. The summed E-state index contributed by atoms with van der Waals surface area (Å²) in [5.74, 6) is 1.17. The Bertz CT molecular complexity index is 577. The predicted molar refractivity (Wildman–Crippen MR) is 66.7 cm³/mol. The van der Waals surface area contributed by atoms with Crippen LogP contribution in [0.2, 0.25) is 0 Å². The molecule has 0 saturated heterocycles. The second-order valence-electron chi connectivity index (χ2n) is 4.25. The fourth-order valence-corrected chi connectivity index (χ4v) is 2.06. The summed E-state index contributed by atoms with van der Waals surface area (Å²) in [6, 6.07) is 5.77. The second kappa shape index (κ2) is 3.15. The molecule has 0 aliphatic heterocycles. The highest BCUT2D eigenvalue weighted by molar-refractivity contribution is 9.10. The maximum atomic E-state index is 6.07. The summed E-state index contributed by atoms with van der Waals surface area (Å²) < 4.78 is 0.978. The van der Waals surface area contributed by atoms with Crippen molar-refractivity contribution in [2.75, 3.05) is 5.73 Å². The highest BCUT2D eigenvalue weighted by Crippen LogP contribution is 2.41. The molecule has 1 heterocycles. The summed E-state index contributed by atoms with van der Waals surface area (Å²) in [6.45, 7) is 0. The summed E-state index contributed by atoms with van der Waals surface area (Å²) in [5, 5.41) is 0.871. The first-order valence-electron chi connectivity index (χ1n) is 5.11. The molecule has 2 aromatic rings. The van der Waals surface area contributed by atoms with Crippen LogP contribution in [-0.2, 0) is 5.54 Å². The van der Waals surface area contributed by atoms with E-state index in [9.17, 15) is 0 Å². The molecule has 0 spiro atoms. The van der Waals surface area contributed by atoms with Gasteiger partial charge in [0, 0.05) is 9.86 Å². The Hall–Kier alpha value is -1.20. The number of aromatic nitrogens is 2. The molecule has 16 heavy (non-hydrogen) atoms. The molecular formula is C11H11BrN4. The molecule has 4 nitrogen and oxygen atoms in total. The molecule has 1 aliphatic carbocycles. The van der Waals surface area contributed by atoms with Gasteiger partial charge in [0.2, 0.25) is 0 Å². The van der Waals surface area contributed by atoms with Gasteiger partial charge in [-0.05, 0) is 31.0 Å². The molecule has 1 fully saturated rings. The molecule has 82 valence electrons. The van der Waals surface area contributed by atoms with Crippen LogP contribution in [0.25, 0.3) is 10.9 Å². The van der Waals surface area contributed by atoms with Crippen LogP contribution < -0.4 is 11.5 Å². The molecule has 0 radical (unpaired) electrons. The van der Waals surface area contributed by atoms with E-state index in [4.69, 9.17) is 11.5 Å². The minimum absolute atomic E-state index is 0.343. The molecular weight excluding hydrogens is 268 g/mol. The predicted octanol–water partition coefficient (Wildman–Crippen LogP) is 1.92. The minimum Gasteiger partial charge on any atom is -0.383 e. The summed E-state index contributed by atoms with van der Waals surface area (Å²) >= 11 is 3.42. The molecule has 0 unspecified atom stereocenters. The van der Waals surface area contributed by atoms with Gasteiger partial charge >= 0.3 is 0 Å². The summed E-state index contributed by atoms with van der Waals surface area (Å²) in [5.41, 5.74) is 12.5. The van der Waals surface area contributed by atoms with Crippen molar-refractivity contribution in [1.82, 2.24) is 9.97 Å². The molecule has 0 bridgehead atoms. The number of rotatable bonds is 1. The molecule has 0 amide bonds. The smallest absolute Gasteiger partial charge is 0.151 e. The lowest BCUT2D eigenvalue weighted by molar-refractivity contribution is 0.679. The van der Waals surface area contributed by atoms with Crippen LogP contribution in [0.15, 0.2) is 22.7 Å². The fourth-order valence-electron chi connectivity index (χ4n) is 1.71. The van der Waals surface area contributed by atoms with Crippen molar-refractivity contribution in [2.24, 2.45) is 5.73 Å². The van der Waals surface area contributed by atoms with Gasteiger partial charge in [0.15, 0.2) is 5.82 Å². The highest BCUT2D eigenvalue weighted by Gasteiger charge is 2.43. The minimum atomic E-state index is -0.343. The lowest BCUT2D eigenvalue weighted by atomic mass is 10.2. The largest absolute Gasteiger partial charge is 0.383 e. The number of hydrogen-bond donors (Lipinski definition) is 2. The molecule has 5 heteroatoms. The van der Waals surface area contributed by atoms with E-state index in [0.29, 0.717) is 11.6 Å². The van der Waals surface area contributed by atoms with Crippen LogP contribution in [0.5, 0.6) is 0 Å². The quantitative estimate of drug-likeness (QED) is 0.836. The number of fused-ring (bicyclic) bond motifs is 1. The Morgan fingerprint density at radius 2 is 2.00 bits per heavy atom.